The maximum atomic E-state index is 11.4. The number of Topliss-reactive ketones (excluding diaryl/α,β-unsaturated/α-hetero) is 1. The zero-order valence-electron chi connectivity index (χ0n) is 7.90. The fraction of sp³-hybridized carbons (Fsp3) is 0.364. The summed E-state index contributed by atoms with van der Waals surface area (Å²) in [6.45, 7) is 0. The van der Waals surface area contributed by atoms with E-state index in [9.17, 15) is 4.79 Å². The molecule has 0 aliphatic heterocycles. The van der Waals surface area contributed by atoms with Crippen molar-refractivity contribution in [1.82, 2.24) is 0 Å². The van der Waals surface area contributed by atoms with Gasteiger partial charge in [-0.25, -0.2) is 0 Å². The van der Waals surface area contributed by atoms with Gasteiger partial charge in [0.1, 0.15) is 5.78 Å². The molecule has 1 aliphatic rings. The third kappa shape index (κ3) is 2.07. The number of carbonyl (C=O) groups excluding carboxylic acids is 1. The molecule has 76 valence electrons. The normalized spacial score (nSPS) is 20.6. The predicted octanol–water partition coefficient (Wildman–Crippen LogP) is 2.53. The second-order valence-corrected chi connectivity index (χ2v) is 3.58. The van der Waals surface area contributed by atoms with Crippen molar-refractivity contribution in [2.45, 2.75) is 25.2 Å². The van der Waals surface area contributed by atoms with E-state index in [0.717, 1.165) is 30.5 Å². The fourth-order valence-electron chi connectivity index (χ4n) is 1.90. The number of hydrogen-bond acceptors (Lipinski definition) is 2. The summed E-state index contributed by atoms with van der Waals surface area (Å²) in [6, 6.07) is 7.65. The van der Waals surface area contributed by atoms with Gasteiger partial charge in [0, 0.05) is 18.0 Å². The third-order valence-electron chi connectivity index (χ3n) is 2.64. The average Bonchev–Trinajstić information content (AvgIpc) is 2.53. The molecule has 3 heteroatoms. The second kappa shape index (κ2) is 4.47. The van der Waals surface area contributed by atoms with Gasteiger partial charge in [0.15, 0.2) is 0 Å². The van der Waals surface area contributed by atoms with Gasteiger partial charge >= 0.3 is 0 Å². The number of benzene rings is 1. The van der Waals surface area contributed by atoms with Crippen molar-refractivity contribution in [2.24, 2.45) is 0 Å². The first-order valence-electron chi connectivity index (χ1n) is 4.65. The van der Waals surface area contributed by atoms with Crippen LogP contribution < -0.4 is 5.73 Å². The summed E-state index contributed by atoms with van der Waals surface area (Å²) in [6.07, 6.45) is 2.78. The van der Waals surface area contributed by atoms with E-state index in [1.165, 1.54) is 0 Å². The maximum absolute atomic E-state index is 11.4. The van der Waals surface area contributed by atoms with Gasteiger partial charge in [-0.2, -0.15) is 0 Å². The Morgan fingerprint density at radius 3 is 2.36 bits per heavy atom. The van der Waals surface area contributed by atoms with Gasteiger partial charge in [-0.3, -0.25) is 4.79 Å². The lowest BCUT2D eigenvalue weighted by Gasteiger charge is -2.07. The number of ketones is 1. The quantitative estimate of drug-likeness (QED) is 0.726. The molecule has 0 aromatic heterocycles. The van der Waals surface area contributed by atoms with Gasteiger partial charge in [-0.15, -0.1) is 12.4 Å². The number of rotatable bonds is 1. The van der Waals surface area contributed by atoms with E-state index in [0.29, 0.717) is 5.78 Å². The van der Waals surface area contributed by atoms with Crippen LogP contribution in [0, 0.1) is 0 Å². The van der Waals surface area contributed by atoms with Crippen LogP contribution >= 0.6 is 12.4 Å². The smallest absolute Gasteiger partial charge is 0.140 e. The molecule has 14 heavy (non-hydrogen) atoms. The molecule has 1 saturated carbocycles. The number of halogens is 1. The van der Waals surface area contributed by atoms with E-state index >= 15 is 0 Å². The van der Waals surface area contributed by atoms with Gasteiger partial charge in [0.25, 0.3) is 0 Å². The van der Waals surface area contributed by atoms with E-state index in [2.05, 4.69) is 0 Å². The lowest BCUT2D eigenvalue weighted by atomic mass is 9.97. The molecular weight excluding hydrogens is 198 g/mol. The van der Waals surface area contributed by atoms with Gasteiger partial charge in [-0.05, 0) is 30.5 Å². The topological polar surface area (TPSA) is 43.1 Å². The molecular formula is C11H14ClNO. The minimum atomic E-state index is 0. The Hall–Kier alpha value is -1.02. The number of anilines is 1. The first kappa shape index (κ1) is 11.1. The summed E-state index contributed by atoms with van der Waals surface area (Å²) < 4.78 is 0. The summed E-state index contributed by atoms with van der Waals surface area (Å²) in [5, 5.41) is 0. The number of carbonyl (C=O) groups is 1. The van der Waals surface area contributed by atoms with Crippen molar-refractivity contribution < 1.29 is 4.79 Å². The Balaban J connectivity index is 0.000000980. The summed E-state index contributed by atoms with van der Waals surface area (Å²) in [5.41, 5.74) is 7.46. The van der Waals surface area contributed by atoms with Crippen LogP contribution in [0.4, 0.5) is 5.69 Å². The summed E-state index contributed by atoms with van der Waals surface area (Å²) in [7, 11) is 0. The molecule has 1 aromatic carbocycles. The molecule has 1 aliphatic carbocycles. The molecule has 1 aromatic rings. The van der Waals surface area contributed by atoms with Crippen molar-refractivity contribution in [3.63, 3.8) is 0 Å². The molecule has 0 bridgehead atoms. The molecule has 0 saturated heterocycles. The highest BCUT2D eigenvalue weighted by Crippen LogP contribution is 2.31. The highest BCUT2D eigenvalue weighted by molar-refractivity contribution is 5.87. The molecule has 1 atom stereocenters. The minimum absolute atomic E-state index is 0. The molecule has 0 spiro atoms. The Bertz CT molecular complexity index is 321. The monoisotopic (exact) mass is 211 g/mol. The summed E-state index contributed by atoms with van der Waals surface area (Å²) >= 11 is 0. The van der Waals surface area contributed by atoms with Crippen LogP contribution in [0.3, 0.4) is 0 Å². The second-order valence-electron chi connectivity index (χ2n) is 3.58. The third-order valence-corrected chi connectivity index (χ3v) is 2.64. The van der Waals surface area contributed by atoms with Crippen LogP contribution in [-0.4, -0.2) is 5.78 Å². The van der Waals surface area contributed by atoms with Crippen molar-refractivity contribution in [3.05, 3.63) is 29.8 Å². The van der Waals surface area contributed by atoms with Gasteiger partial charge in [0.2, 0.25) is 0 Å². The molecule has 2 nitrogen and oxygen atoms in total. The van der Waals surface area contributed by atoms with E-state index in [4.69, 9.17) is 5.73 Å². The lowest BCUT2D eigenvalue weighted by Crippen LogP contribution is -2.03. The first-order chi connectivity index (χ1) is 6.27. The van der Waals surface area contributed by atoms with E-state index in [1.807, 2.05) is 24.3 Å². The SMILES string of the molecule is Cl.Nc1ccc(C2CCCC2=O)cc1. The van der Waals surface area contributed by atoms with Gasteiger partial charge in [0.05, 0.1) is 0 Å². The van der Waals surface area contributed by atoms with Crippen LogP contribution in [0.2, 0.25) is 0 Å². The van der Waals surface area contributed by atoms with Crippen LogP contribution in [0.25, 0.3) is 0 Å². The van der Waals surface area contributed by atoms with E-state index in [-0.39, 0.29) is 18.3 Å². The predicted molar refractivity (Wildman–Crippen MR) is 59.7 cm³/mol. The summed E-state index contributed by atoms with van der Waals surface area (Å²) in [5.74, 6) is 0.519. The Kier molecular flexibility index (Phi) is 3.53. The highest BCUT2D eigenvalue weighted by atomic mass is 35.5. The zero-order chi connectivity index (χ0) is 9.26. The lowest BCUT2D eigenvalue weighted by molar-refractivity contribution is -0.118. The Labute approximate surface area is 89.9 Å². The number of nitrogens with two attached hydrogens (primary N) is 1. The zero-order valence-corrected chi connectivity index (χ0v) is 8.72. The molecule has 0 heterocycles. The number of hydrogen-bond donors (Lipinski definition) is 1. The number of nitrogen functional groups attached to an aromatic ring is 1. The van der Waals surface area contributed by atoms with Gasteiger partial charge < -0.3 is 5.73 Å². The van der Waals surface area contributed by atoms with E-state index < -0.39 is 0 Å². The molecule has 0 amide bonds. The summed E-state index contributed by atoms with van der Waals surface area (Å²) in [4.78, 5) is 11.4. The van der Waals surface area contributed by atoms with Crippen LogP contribution in [0.15, 0.2) is 24.3 Å². The molecule has 1 unspecified atom stereocenters. The Morgan fingerprint density at radius 1 is 1.21 bits per heavy atom. The minimum Gasteiger partial charge on any atom is -0.399 e. The van der Waals surface area contributed by atoms with Gasteiger partial charge in [-0.1, -0.05) is 12.1 Å². The van der Waals surface area contributed by atoms with Crippen LogP contribution in [0.5, 0.6) is 0 Å². The molecule has 2 rings (SSSR count). The highest BCUT2D eigenvalue weighted by Gasteiger charge is 2.25. The van der Waals surface area contributed by atoms with Crippen LogP contribution in [0.1, 0.15) is 30.7 Å². The van der Waals surface area contributed by atoms with Crippen molar-refractivity contribution in [3.8, 4) is 0 Å². The maximum Gasteiger partial charge on any atom is 0.140 e. The van der Waals surface area contributed by atoms with Crippen molar-refractivity contribution >= 4 is 23.9 Å². The standard InChI is InChI=1S/C11H13NO.ClH/c12-9-6-4-8(5-7-9)10-2-1-3-11(10)13;/h4-7,10H,1-3,12H2;1H. The molecule has 0 radical (unpaired) electrons. The van der Waals surface area contributed by atoms with Crippen molar-refractivity contribution in [2.75, 3.05) is 5.73 Å². The molecule has 2 N–H and O–H groups in total. The fourth-order valence-corrected chi connectivity index (χ4v) is 1.90. The average molecular weight is 212 g/mol. The Morgan fingerprint density at radius 2 is 1.86 bits per heavy atom. The molecule has 1 fully saturated rings. The van der Waals surface area contributed by atoms with Crippen molar-refractivity contribution in [1.29, 1.82) is 0 Å². The largest absolute Gasteiger partial charge is 0.399 e. The van der Waals surface area contributed by atoms with Crippen LogP contribution in [-0.2, 0) is 4.79 Å². The first-order valence-corrected chi connectivity index (χ1v) is 4.65. The van der Waals surface area contributed by atoms with E-state index in [1.54, 1.807) is 0 Å².